The largest absolute Gasteiger partial charge is 0.497 e. The molecule has 0 fully saturated rings. The van der Waals surface area contributed by atoms with Crippen molar-refractivity contribution in [1.82, 2.24) is 14.6 Å². The average molecular weight is 303 g/mol. The van der Waals surface area contributed by atoms with E-state index < -0.39 is 0 Å². The van der Waals surface area contributed by atoms with Crippen LogP contribution in [0.5, 0.6) is 11.5 Å². The fourth-order valence-corrected chi connectivity index (χ4v) is 2.77. The lowest BCUT2D eigenvalue weighted by molar-refractivity contribution is 0.111. The molecule has 2 aromatic heterocycles. The van der Waals surface area contributed by atoms with Crippen molar-refractivity contribution in [3.05, 3.63) is 40.7 Å². The SMILES string of the molecule is COc1ccc(OCc2nn3c(C=O)c(C)nc3s2)cc1. The van der Waals surface area contributed by atoms with Crippen LogP contribution in [0, 0.1) is 6.92 Å². The van der Waals surface area contributed by atoms with Gasteiger partial charge in [0.2, 0.25) is 4.96 Å². The monoisotopic (exact) mass is 303 g/mol. The number of rotatable bonds is 5. The molecule has 0 N–H and O–H groups in total. The molecule has 3 rings (SSSR count). The highest BCUT2D eigenvalue weighted by atomic mass is 32.1. The van der Waals surface area contributed by atoms with E-state index in [4.69, 9.17) is 9.47 Å². The number of benzene rings is 1. The Hall–Kier alpha value is -2.41. The lowest BCUT2D eigenvalue weighted by Gasteiger charge is -2.04. The fraction of sp³-hybridized carbons (Fsp3) is 0.214. The number of hydrogen-bond donors (Lipinski definition) is 0. The Morgan fingerprint density at radius 1 is 1.29 bits per heavy atom. The molecule has 0 amide bonds. The number of carbonyl (C=O) groups is 1. The van der Waals surface area contributed by atoms with Gasteiger partial charge in [0.15, 0.2) is 11.3 Å². The Balaban J connectivity index is 1.75. The second kappa shape index (κ2) is 5.53. The number of aryl methyl sites for hydroxylation is 1. The second-order valence-corrected chi connectivity index (χ2v) is 5.40. The van der Waals surface area contributed by atoms with Gasteiger partial charge in [-0.2, -0.15) is 9.61 Å². The van der Waals surface area contributed by atoms with Crippen LogP contribution in [0.2, 0.25) is 0 Å². The normalized spacial score (nSPS) is 10.8. The zero-order valence-electron chi connectivity index (χ0n) is 11.6. The standard InChI is InChI=1S/C14H13N3O3S/c1-9-12(7-18)17-14(15-9)21-13(16-17)8-20-11-5-3-10(19-2)4-6-11/h3-7H,8H2,1-2H3. The number of fused-ring (bicyclic) bond motifs is 1. The first kappa shape index (κ1) is 13.6. The quantitative estimate of drug-likeness (QED) is 0.678. The molecule has 21 heavy (non-hydrogen) atoms. The number of aldehydes is 1. The van der Waals surface area contributed by atoms with Gasteiger partial charge in [-0.25, -0.2) is 4.98 Å². The highest BCUT2D eigenvalue weighted by Crippen LogP contribution is 2.21. The summed E-state index contributed by atoms with van der Waals surface area (Å²) >= 11 is 1.41. The number of hydrogen-bond acceptors (Lipinski definition) is 6. The van der Waals surface area contributed by atoms with E-state index in [9.17, 15) is 4.79 Å². The minimum absolute atomic E-state index is 0.331. The van der Waals surface area contributed by atoms with Crippen LogP contribution in [0.1, 0.15) is 21.2 Å². The molecule has 0 bridgehead atoms. The summed E-state index contributed by atoms with van der Waals surface area (Å²) in [7, 11) is 1.62. The molecule has 6 nitrogen and oxygen atoms in total. The number of ether oxygens (including phenoxy) is 2. The van der Waals surface area contributed by atoms with E-state index in [1.807, 2.05) is 24.3 Å². The van der Waals surface area contributed by atoms with Gasteiger partial charge in [-0.05, 0) is 31.2 Å². The molecule has 0 aliphatic rings. The topological polar surface area (TPSA) is 65.7 Å². The van der Waals surface area contributed by atoms with Crippen LogP contribution in [0.3, 0.4) is 0 Å². The maximum Gasteiger partial charge on any atom is 0.213 e. The molecule has 0 aliphatic heterocycles. The second-order valence-electron chi connectivity index (χ2n) is 4.35. The molecule has 108 valence electrons. The zero-order chi connectivity index (χ0) is 14.8. The van der Waals surface area contributed by atoms with Gasteiger partial charge in [0, 0.05) is 0 Å². The van der Waals surface area contributed by atoms with Crippen LogP contribution >= 0.6 is 11.3 Å². The molecule has 0 radical (unpaired) electrons. The first-order chi connectivity index (χ1) is 10.2. The van der Waals surface area contributed by atoms with E-state index >= 15 is 0 Å². The Morgan fingerprint density at radius 2 is 2.00 bits per heavy atom. The smallest absolute Gasteiger partial charge is 0.213 e. The zero-order valence-corrected chi connectivity index (χ0v) is 12.4. The summed E-state index contributed by atoms with van der Waals surface area (Å²) < 4.78 is 12.3. The van der Waals surface area contributed by atoms with Gasteiger partial charge in [-0.3, -0.25) is 4.79 Å². The summed E-state index contributed by atoms with van der Waals surface area (Å²) in [5.74, 6) is 1.51. The predicted octanol–water partition coefficient (Wildman–Crippen LogP) is 2.50. The summed E-state index contributed by atoms with van der Waals surface area (Å²) in [5.41, 5.74) is 1.17. The summed E-state index contributed by atoms with van der Waals surface area (Å²) in [6.07, 6.45) is 0.767. The molecule has 7 heteroatoms. The molecule has 0 aliphatic carbocycles. The van der Waals surface area contributed by atoms with Crippen LogP contribution in [-0.4, -0.2) is 28.0 Å². The van der Waals surface area contributed by atoms with E-state index in [2.05, 4.69) is 10.1 Å². The highest BCUT2D eigenvalue weighted by molar-refractivity contribution is 7.16. The number of methoxy groups -OCH3 is 1. The average Bonchev–Trinajstić information content (AvgIpc) is 3.01. The van der Waals surface area contributed by atoms with Crippen LogP contribution in [0.15, 0.2) is 24.3 Å². The van der Waals surface area contributed by atoms with Crippen molar-refractivity contribution in [2.24, 2.45) is 0 Å². The minimum Gasteiger partial charge on any atom is -0.497 e. The van der Waals surface area contributed by atoms with Gasteiger partial charge in [0.25, 0.3) is 0 Å². The number of imidazole rings is 1. The number of aromatic nitrogens is 3. The lowest BCUT2D eigenvalue weighted by atomic mass is 10.3. The highest BCUT2D eigenvalue weighted by Gasteiger charge is 2.13. The summed E-state index contributed by atoms with van der Waals surface area (Å²) in [6.45, 7) is 2.12. The predicted molar refractivity (Wildman–Crippen MR) is 78.3 cm³/mol. The first-order valence-corrected chi connectivity index (χ1v) is 7.10. The Labute approximate surface area is 125 Å². The van der Waals surface area contributed by atoms with Crippen molar-refractivity contribution < 1.29 is 14.3 Å². The molecule has 0 unspecified atom stereocenters. The number of carbonyl (C=O) groups excluding carboxylic acids is 1. The van der Waals surface area contributed by atoms with E-state index in [0.29, 0.717) is 23.0 Å². The Bertz CT molecular complexity index is 777. The van der Waals surface area contributed by atoms with Crippen molar-refractivity contribution in [2.75, 3.05) is 7.11 Å². The van der Waals surface area contributed by atoms with Crippen molar-refractivity contribution >= 4 is 22.6 Å². The van der Waals surface area contributed by atoms with Crippen molar-refractivity contribution in [3.63, 3.8) is 0 Å². The molecule has 0 spiro atoms. The van der Waals surface area contributed by atoms with E-state index in [0.717, 1.165) is 22.8 Å². The molecule has 2 heterocycles. The maximum atomic E-state index is 11.0. The summed E-state index contributed by atoms with van der Waals surface area (Å²) in [6, 6.07) is 7.33. The molecule has 0 saturated carbocycles. The fourth-order valence-electron chi connectivity index (χ4n) is 1.91. The lowest BCUT2D eigenvalue weighted by Crippen LogP contribution is -1.98. The van der Waals surface area contributed by atoms with Crippen molar-refractivity contribution in [1.29, 1.82) is 0 Å². The van der Waals surface area contributed by atoms with Crippen molar-refractivity contribution in [3.8, 4) is 11.5 Å². The third kappa shape index (κ3) is 2.59. The molecular weight excluding hydrogens is 290 g/mol. The van der Waals surface area contributed by atoms with E-state index in [1.165, 1.54) is 11.3 Å². The van der Waals surface area contributed by atoms with Gasteiger partial charge < -0.3 is 9.47 Å². The van der Waals surface area contributed by atoms with Crippen LogP contribution in [0.25, 0.3) is 4.96 Å². The van der Waals surface area contributed by atoms with Gasteiger partial charge in [-0.15, -0.1) is 0 Å². The number of nitrogens with zero attached hydrogens (tertiary/aromatic N) is 3. The maximum absolute atomic E-state index is 11.0. The third-order valence-corrected chi connectivity index (χ3v) is 3.88. The Kier molecular flexibility index (Phi) is 3.57. The van der Waals surface area contributed by atoms with Gasteiger partial charge in [0.05, 0.1) is 12.8 Å². The minimum atomic E-state index is 0.331. The van der Waals surface area contributed by atoms with Crippen LogP contribution in [0.4, 0.5) is 0 Å². The van der Waals surface area contributed by atoms with Crippen LogP contribution in [-0.2, 0) is 6.61 Å². The van der Waals surface area contributed by atoms with Gasteiger partial charge in [-0.1, -0.05) is 11.3 Å². The molecule has 0 atom stereocenters. The summed E-state index contributed by atoms with van der Waals surface area (Å²) in [4.78, 5) is 16.0. The molecule has 3 aromatic rings. The first-order valence-electron chi connectivity index (χ1n) is 6.28. The van der Waals surface area contributed by atoms with Gasteiger partial charge >= 0.3 is 0 Å². The Morgan fingerprint density at radius 3 is 2.67 bits per heavy atom. The molecular formula is C14H13N3O3S. The van der Waals surface area contributed by atoms with Gasteiger partial charge in [0.1, 0.15) is 23.8 Å². The van der Waals surface area contributed by atoms with E-state index in [-0.39, 0.29) is 0 Å². The van der Waals surface area contributed by atoms with Crippen LogP contribution < -0.4 is 9.47 Å². The molecule has 0 saturated heterocycles. The third-order valence-electron chi connectivity index (χ3n) is 3.00. The molecule has 1 aromatic carbocycles. The van der Waals surface area contributed by atoms with E-state index in [1.54, 1.807) is 18.5 Å². The summed E-state index contributed by atoms with van der Waals surface area (Å²) in [5, 5.41) is 5.11. The van der Waals surface area contributed by atoms with Crippen molar-refractivity contribution in [2.45, 2.75) is 13.5 Å².